The normalized spacial score (nSPS) is 18.9. The van der Waals surface area contributed by atoms with Crippen molar-refractivity contribution in [3.05, 3.63) is 59.2 Å². The molecule has 0 aliphatic carbocycles. The van der Waals surface area contributed by atoms with Gasteiger partial charge in [-0.3, -0.25) is 4.90 Å². The molecule has 0 aromatic heterocycles. The summed E-state index contributed by atoms with van der Waals surface area (Å²) in [6.07, 6.45) is -3.52. The van der Waals surface area contributed by atoms with Crippen LogP contribution in [0.15, 0.2) is 42.5 Å². The Bertz CT molecular complexity index is 802. The Morgan fingerprint density at radius 2 is 1.78 bits per heavy atom. The van der Waals surface area contributed by atoms with Gasteiger partial charge in [0.2, 0.25) is 6.79 Å². The van der Waals surface area contributed by atoms with Crippen molar-refractivity contribution in [3.63, 3.8) is 0 Å². The smallest absolute Gasteiger partial charge is 0.416 e. The molecule has 1 saturated heterocycles. The highest BCUT2D eigenvalue weighted by Crippen LogP contribution is 2.42. The number of nitrogens with one attached hydrogen (secondary N) is 1. The van der Waals surface area contributed by atoms with E-state index < -0.39 is 17.8 Å². The maximum absolute atomic E-state index is 13.7. The first kappa shape index (κ1) is 18.1. The summed E-state index contributed by atoms with van der Waals surface area (Å²) in [4.78, 5) is 2.11. The number of halogens is 3. The monoisotopic (exact) mass is 378 g/mol. The number of fused-ring (bicyclic) bond motifs is 1. The molecular formula is C20H21F3N2O2. The van der Waals surface area contributed by atoms with Crippen molar-refractivity contribution in [1.82, 2.24) is 10.2 Å². The van der Waals surface area contributed by atoms with Crippen LogP contribution in [0.5, 0.6) is 11.5 Å². The molecule has 1 atom stereocenters. The molecule has 2 aromatic carbocycles. The van der Waals surface area contributed by atoms with Gasteiger partial charge in [-0.25, -0.2) is 0 Å². The lowest BCUT2D eigenvalue weighted by atomic mass is 9.92. The molecule has 0 bridgehead atoms. The van der Waals surface area contributed by atoms with Crippen LogP contribution in [-0.2, 0) is 6.18 Å². The van der Waals surface area contributed by atoms with Crippen LogP contribution in [0.2, 0.25) is 0 Å². The van der Waals surface area contributed by atoms with Crippen LogP contribution in [0.1, 0.15) is 29.2 Å². The lowest BCUT2D eigenvalue weighted by Gasteiger charge is -2.33. The average molecular weight is 378 g/mol. The van der Waals surface area contributed by atoms with E-state index in [4.69, 9.17) is 9.47 Å². The van der Waals surface area contributed by atoms with Crippen LogP contribution in [0, 0.1) is 0 Å². The molecule has 2 aliphatic heterocycles. The van der Waals surface area contributed by atoms with Crippen LogP contribution in [0.4, 0.5) is 13.2 Å². The number of benzene rings is 2. The molecule has 1 fully saturated rings. The van der Waals surface area contributed by atoms with Crippen molar-refractivity contribution >= 4 is 0 Å². The molecule has 0 radical (unpaired) electrons. The third kappa shape index (κ3) is 3.75. The van der Waals surface area contributed by atoms with Gasteiger partial charge in [0, 0.05) is 19.6 Å². The molecule has 2 heterocycles. The Hall–Kier alpha value is -2.25. The zero-order valence-corrected chi connectivity index (χ0v) is 14.8. The second-order valence-corrected chi connectivity index (χ2v) is 6.74. The van der Waals surface area contributed by atoms with E-state index in [0.717, 1.165) is 37.7 Å². The summed E-state index contributed by atoms with van der Waals surface area (Å²) in [7, 11) is 0. The minimum absolute atomic E-state index is 0.135. The van der Waals surface area contributed by atoms with E-state index in [2.05, 4.69) is 10.2 Å². The first-order valence-corrected chi connectivity index (χ1v) is 9.04. The average Bonchev–Trinajstić information content (AvgIpc) is 2.96. The topological polar surface area (TPSA) is 33.7 Å². The first-order chi connectivity index (χ1) is 13.0. The van der Waals surface area contributed by atoms with Gasteiger partial charge in [-0.05, 0) is 42.3 Å². The summed E-state index contributed by atoms with van der Waals surface area (Å²) in [5, 5.41) is 3.31. The van der Waals surface area contributed by atoms with Gasteiger partial charge in [0.15, 0.2) is 11.5 Å². The molecule has 1 N–H and O–H groups in total. The third-order valence-corrected chi connectivity index (χ3v) is 5.01. The Balaban J connectivity index is 1.82. The molecule has 27 heavy (non-hydrogen) atoms. The standard InChI is InChI=1S/C20H21F3N2O2/c21-20(22,23)16-5-2-1-4-15(16)19(25-10-3-8-24-9-11-25)14-6-7-17-18(12-14)27-13-26-17/h1-2,4-7,12,19,24H,3,8-11,13H2. The lowest BCUT2D eigenvalue weighted by Crippen LogP contribution is -2.34. The van der Waals surface area contributed by atoms with Gasteiger partial charge >= 0.3 is 6.18 Å². The number of hydrogen-bond donors (Lipinski definition) is 1. The van der Waals surface area contributed by atoms with E-state index in [-0.39, 0.29) is 12.4 Å². The summed E-state index contributed by atoms with van der Waals surface area (Å²) < 4.78 is 52.0. The van der Waals surface area contributed by atoms with Gasteiger partial charge in [-0.1, -0.05) is 24.3 Å². The Labute approximate surface area is 155 Å². The molecule has 144 valence electrons. The van der Waals surface area contributed by atoms with Gasteiger partial charge in [0.05, 0.1) is 11.6 Å². The zero-order chi connectivity index (χ0) is 18.9. The van der Waals surface area contributed by atoms with Crippen molar-refractivity contribution in [2.75, 3.05) is 33.0 Å². The van der Waals surface area contributed by atoms with Gasteiger partial charge in [-0.15, -0.1) is 0 Å². The van der Waals surface area contributed by atoms with E-state index in [1.165, 1.54) is 6.07 Å². The number of hydrogen-bond acceptors (Lipinski definition) is 4. The second-order valence-electron chi connectivity index (χ2n) is 6.74. The van der Waals surface area contributed by atoms with Gasteiger partial charge in [0.25, 0.3) is 0 Å². The first-order valence-electron chi connectivity index (χ1n) is 9.04. The van der Waals surface area contributed by atoms with Crippen molar-refractivity contribution in [2.45, 2.75) is 18.6 Å². The van der Waals surface area contributed by atoms with Crippen LogP contribution >= 0.6 is 0 Å². The summed E-state index contributed by atoms with van der Waals surface area (Å²) in [5.74, 6) is 1.20. The third-order valence-electron chi connectivity index (χ3n) is 5.01. The van der Waals surface area contributed by atoms with Crippen molar-refractivity contribution in [1.29, 1.82) is 0 Å². The maximum atomic E-state index is 13.7. The Morgan fingerprint density at radius 3 is 2.63 bits per heavy atom. The van der Waals surface area contributed by atoms with Crippen molar-refractivity contribution in [2.24, 2.45) is 0 Å². The minimum atomic E-state index is -4.41. The van der Waals surface area contributed by atoms with Crippen LogP contribution in [0.3, 0.4) is 0 Å². The fraction of sp³-hybridized carbons (Fsp3) is 0.400. The summed E-state index contributed by atoms with van der Waals surface area (Å²) in [6.45, 7) is 3.14. The maximum Gasteiger partial charge on any atom is 0.416 e. The van der Waals surface area contributed by atoms with Gasteiger partial charge in [-0.2, -0.15) is 13.2 Å². The molecule has 0 spiro atoms. The van der Waals surface area contributed by atoms with Gasteiger partial charge < -0.3 is 14.8 Å². The fourth-order valence-electron chi connectivity index (χ4n) is 3.79. The second kappa shape index (κ2) is 7.40. The molecule has 1 unspecified atom stereocenters. The highest BCUT2D eigenvalue weighted by atomic mass is 19.4. The molecule has 7 heteroatoms. The number of nitrogens with zero attached hydrogens (tertiary/aromatic N) is 1. The Morgan fingerprint density at radius 1 is 0.963 bits per heavy atom. The molecule has 2 aromatic rings. The predicted octanol–water partition coefficient (Wildman–Crippen LogP) is 3.82. The van der Waals surface area contributed by atoms with E-state index in [1.54, 1.807) is 24.3 Å². The lowest BCUT2D eigenvalue weighted by molar-refractivity contribution is -0.138. The Kier molecular flexibility index (Phi) is 4.97. The highest BCUT2D eigenvalue weighted by molar-refractivity contribution is 5.48. The summed E-state index contributed by atoms with van der Waals surface area (Å²) >= 11 is 0. The molecule has 0 amide bonds. The summed E-state index contributed by atoms with van der Waals surface area (Å²) in [6, 6.07) is 10.8. The highest BCUT2D eigenvalue weighted by Gasteiger charge is 2.37. The largest absolute Gasteiger partial charge is 0.454 e. The van der Waals surface area contributed by atoms with Crippen molar-refractivity contribution in [3.8, 4) is 11.5 Å². The van der Waals surface area contributed by atoms with E-state index >= 15 is 0 Å². The molecule has 2 aliphatic rings. The number of ether oxygens (including phenoxy) is 2. The van der Waals surface area contributed by atoms with E-state index in [1.807, 2.05) is 6.07 Å². The number of alkyl halides is 3. The molecule has 4 nitrogen and oxygen atoms in total. The SMILES string of the molecule is FC(F)(F)c1ccccc1C(c1ccc2c(c1)OCO2)N1CCCNCC1. The minimum Gasteiger partial charge on any atom is -0.454 e. The van der Waals surface area contributed by atoms with Crippen LogP contribution in [0.25, 0.3) is 0 Å². The van der Waals surface area contributed by atoms with Crippen LogP contribution in [-0.4, -0.2) is 37.9 Å². The van der Waals surface area contributed by atoms with E-state index in [9.17, 15) is 13.2 Å². The molecular weight excluding hydrogens is 357 g/mol. The number of rotatable bonds is 3. The van der Waals surface area contributed by atoms with Crippen LogP contribution < -0.4 is 14.8 Å². The predicted molar refractivity (Wildman–Crippen MR) is 94.9 cm³/mol. The van der Waals surface area contributed by atoms with E-state index in [0.29, 0.717) is 18.0 Å². The van der Waals surface area contributed by atoms with Gasteiger partial charge in [0.1, 0.15) is 0 Å². The molecule has 0 saturated carbocycles. The molecule has 4 rings (SSSR count). The van der Waals surface area contributed by atoms with Crippen molar-refractivity contribution < 1.29 is 22.6 Å². The fourth-order valence-corrected chi connectivity index (χ4v) is 3.79. The zero-order valence-electron chi connectivity index (χ0n) is 14.8. The summed E-state index contributed by atoms with van der Waals surface area (Å²) in [5.41, 5.74) is 0.452. The quantitative estimate of drug-likeness (QED) is 0.881.